The second-order valence-electron chi connectivity index (χ2n) is 8.14. The van der Waals surface area contributed by atoms with E-state index in [0.717, 1.165) is 11.1 Å². The van der Waals surface area contributed by atoms with E-state index in [0.29, 0.717) is 46.8 Å². The van der Waals surface area contributed by atoms with Crippen LogP contribution >= 0.6 is 0 Å². The van der Waals surface area contributed by atoms with Crippen molar-refractivity contribution in [3.8, 4) is 22.9 Å². The Morgan fingerprint density at radius 3 is 2.61 bits per heavy atom. The highest BCUT2D eigenvalue weighted by molar-refractivity contribution is 6.06. The largest absolute Gasteiger partial charge is 0.496 e. The Balaban J connectivity index is 1.65. The van der Waals surface area contributed by atoms with Gasteiger partial charge < -0.3 is 20.1 Å². The zero-order chi connectivity index (χ0) is 25.1. The summed E-state index contributed by atoms with van der Waals surface area (Å²) in [7, 11) is 1.61. The fourth-order valence-corrected chi connectivity index (χ4v) is 4.30. The van der Waals surface area contributed by atoms with Crippen LogP contribution in [0.2, 0.25) is 0 Å². The lowest BCUT2D eigenvalue weighted by atomic mass is 9.94. The first-order valence-corrected chi connectivity index (χ1v) is 11.6. The zero-order valence-electron chi connectivity index (χ0n) is 20.2. The van der Waals surface area contributed by atoms with Crippen LogP contribution in [0.4, 0.5) is 11.6 Å². The number of hydrogen-bond donors (Lipinski definition) is 2. The average Bonchev–Trinajstić information content (AvgIpc) is 3.32. The zero-order valence-corrected chi connectivity index (χ0v) is 20.2. The molecule has 0 spiro atoms. The molecule has 1 atom stereocenters. The minimum absolute atomic E-state index is 0.274. The third-order valence-electron chi connectivity index (χ3n) is 5.88. The second-order valence-corrected chi connectivity index (χ2v) is 8.14. The maximum absolute atomic E-state index is 13.7. The van der Waals surface area contributed by atoms with Crippen molar-refractivity contribution in [2.24, 2.45) is 0 Å². The van der Waals surface area contributed by atoms with Crippen LogP contribution < -0.4 is 20.1 Å². The number of allylic oxidation sites excluding steroid dienone is 1. The number of amides is 1. The summed E-state index contributed by atoms with van der Waals surface area (Å²) in [6.45, 7) is 4.27. The molecule has 0 unspecified atom stereocenters. The predicted octanol–water partition coefficient (Wildman–Crippen LogP) is 4.68. The average molecular weight is 483 g/mol. The minimum atomic E-state index is -0.586. The van der Waals surface area contributed by atoms with Gasteiger partial charge in [-0.2, -0.15) is 4.98 Å². The molecule has 0 saturated heterocycles. The molecule has 9 heteroatoms. The number of nitrogens with zero attached hydrogens (tertiary/aromatic N) is 4. The van der Waals surface area contributed by atoms with Crippen LogP contribution in [0.25, 0.3) is 11.4 Å². The van der Waals surface area contributed by atoms with Gasteiger partial charge in [0.25, 0.3) is 5.91 Å². The van der Waals surface area contributed by atoms with E-state index in [1.165, 1.54) is 0 Å². The Morgan fingerprint density at radius 2 is 1.86 bits per heavy atom. The molecule has 0 aliphatic carbocycles. The summed E-state index contributed by atoms with van der Waals surface area (Å²) in [6.07, 6.45) is 3.26. The van der Waals surface area contributed by atoms with Gasteiger partial charge >= 0.3 is 0 Å². The number of aromatic nitrogens is 4. The number of carbonyl (C=O) groups excluding carboxylic acids is 1. The number of carbonyl (C=O) groups is 1. The van der Waals surface area contributed by atoms with Crippen molar-refractivity contribution in [1.82, 2.24) is 19.7 Å². The molecule has 0 fully saturated rings. The van der Waals surface area contributed by atoms with E-state index in [9.17, 15) is 4.79 Å². The van der Waals surface area contributed by atoms with Gasteiger partial charge in [0, 0.05) is 17.5 Å². The number of fused-ring (bicyclic) bond motifs is 1. The molecule has 2 N–H and O–H groups in total. The molecule has 5 rings (SSSR count). The van der Waals surface area contributed by atoms with Crippen molar-refractivity contribution in [3.63, 3.8) is 0 Å². The van der Waals surface area contributed by atoms with Gasteiger partial charge in [0.1, 0.15) is 17.5 Å². The van der Waals surface area contributed by atoms with Gasteiger partial charge in [0.2, 0.25) is 5.95 Å². The lowest BCUT2D eigenvalue weighted by molar-refractivity contribution is -0.113. The van der Waals surface area contributed by atoms with E-state index < -0.39 is 6.04 Å². The van der Waals surface area contributed by atoms with E-state index in [1.54, 1.807) is 36.3 Å². The summed E-state index contributed by atoms with van der Waals surface area (Å²) in [5, 5.41) is 11.1. The second kappa shape index (κ2) is 9.91. The number of pyridine rings is 1. The highest BCUT2D eigenvalue weighted by Gasteiger charge is 2.36. The van der Waals surface area contributed by atoms with Crippen LogP contribution in [-0.4, -0.2) is 39.4 Å². The van der Waals surface area contributed by atoms with E-state index in [2.05, 4.69) is 15.6 Å². The molecule has 9 nitrogen and oxygen atoms in total. The lowest BCUT2D eigenvalue weighted by Crippen LogP contribution is -2.31. The van der Waals surface area contributed by atoms with Crippen LogP contribution in [0.5, 0.6) is 11.5 Å². The van der Waals surface area contributed by atoms with Crippen LogP contribution in [0.15, 0.2) is 84.3 Å². The number of para-hydroxylation sites is 2. The van der Waals surface area contributed by atoms with Gasteiger partial charge in [-0.05, 0) is 44.2 Å². The number of nitrogens with one attached hydrogen (secondary N) is 2. The maximum Gasteiger partial charge on any atom is 0.255 e. The number of anilines is 2. The Kier molecular flexibility index (Phi) is 6.36. The van der Waals surface area contributed by atoms with Crippen molar-refractivity contribution >= 4 is 17.5 Å². The van der Waals surface area contributed by atoms with Crippen molar-refractivity contribution in [3.05, 3.63) is 89.9 Å². The first-order chi connectivity index (χ1) is 17.6. The molecule has 36 heavy (non-hydrogen) atoms. The van der Waals surface area contributed by atoms with E-state index in [-0.39, 0.29) is 5.91 Å². The Morgan fingerprint density at radius 1 is 1.08 bits per heavy atom. The lowest BCUT2D eigenvalue weighted by Gasteiger charge is -2.29. The minimum Gasteiger partial charge on any atom is -0.496 e. The van der Waals surface area contributed by atoms with E-state index in [4.69, 9.17) is 19.6 Å². The van der Waals surface area contributed by atoms with Gasteiger partial charge in [-0.3, -0.25) is 9.78 Å². The molecular formula is C27H26N6O3. The highest BCUT2D eigenvalue weighted by atomic mass is 16.5. The Labute approximate surface area is 208 Å². The van der Waals surface area contributed by atoms with Crippen LogP contribution in [0.3, 0.4) is 0 Å². The first-order valence-electron chi connectivity index (χ1n) is 11.6. The highest BCUT2D eigenvalue weighted by Crippen LogP contribution is 2.41. The van der Waals surface area contributed by atoms with Crippen LogP contribution in [-0.2, 0) is 4.79 Å². The van der Waals surface area contributed by atoms with Gasteiger partial charge in [-0.15, -0.1) is 5.10 Å². The van der Waals surface area contributed by atoms with E-state index in [1.807, 2.05) is 62.4 Å². The summed E-state index contributed by atoms with van der Waals surface area (Å²) in [5.74, 6) is 2.06. The smallest absolute Gasteiger partial charge is 0.255 e. The number of methoxy groups -OCH3 is 1. The molecule has 2 aromatic heterocycles. The van der Waals surface area contributed by atoms with Gasteiger partial charge in [-0.1, -0.05) is 30.3 Å². The molecule has 3 heterocycles. The van der Waals surface area contributed by atoms with Crippen molar-refractivity contribution in [1.29, 1.82) is 0 Å². The molecule has 1 amide bonds. The maximum atomic E-state index is 13.7. The summed E-state index contributed by atoms with van der Waals surface area (Å²) in [6, 6.07) is 18.2. The van der Waals surface area contributed by atoms with Crippen molar-refractivity contribution < 1.29 is 14.3 Å². The predicted molar refractivity (Wildman–Crippen MR) is 137 cm³/mol. The SMILES string of the molecule is CCOc1ccccc1[C@@H]1C(C(=O)Nc2cccnc2)=C(C)Nc2nc(-c3ccccc3OC)nn21. The molecule has 1 aliphatic rings. The topological polar surface area (TPSA) is 103 Å². The fourth-order valence-electron chi connectivity index (χ4n) is 4.30. The molecule has 0 radical (unpaired) electrons. The third kappa shape index (κ3) is 4.26. The summed E-state index contributed by atoms with van der Waals surface area (Å²) in [4.78, 5) is 22.5. The van der Waals surface area contributed by atoms with Crippen molar-refractivity contribution in [2.75, 3.05) is 24.4 Å². The molecule has 0 saturated carbocycles. The van der Waals surface area contributed by atoms with Gasteiger partial charge in [0.05, 0.1) is 36.7 Å². The first kappa shape index (κ1) is 23.1. The normalized spacial score (nSPS) is 14.6. The number of rotatable bonds is 7. The summed E-state index contributed by atoms with van der Waals surface area (Å²) >= 11 is 0. The molecular weight excluding hydrogens is 456 g/mol. The van der Waals surface area contributed by atoms with Gasteiger partial charge in [0.15, 0.2) is 5.82 Å². The van der Waals surface area contributed by atoms with Crippen molar-refractivity contribution in [2.45, 2.75) is 19.9 Å². The number of ether oxygens (including phenoxy) is 2. The fraction of sp³-hybridized carbons (Fsp3) is 0.185. The monoisotopic (exact) mass is 482 g/mol. The van der Waals surface area contributed by atoms with Crippen LogP contribution in [0.1, 0.15) is 25.5 Å². The summed E-state index contributed by atoms with van der Waals surface area (Å²) in [5.41, 5.74) is 3.31. The summed E-state index contributed by atoms with van der Waals surface area (Å²) < 4.78 is 13.2. The molecule has 4 aromatic rings. The Bertz CT molecular complexity index is 1430. The molecule has 182 valence electrons. The van der Waals surface area contributed by atoms with Gasteiger partial charge in [-0.25, -0.2) is 4.68 Å². The third-order valence-corrected chi connectivity index (χ3v) is 5.88. The molecule has 2 aromatic carbocycles. The number of benzene rings is 2. The van der Waals surface area contributed by atoms with Crippen LogP contribution in [0, 0.1) is 0 Å². The molecule has 1 aliphatic heterocycles. The Hall–Kier alpha value is -4.66. The molecule has 0 bridgehead atoms. The standard InChI is InChI=1S/C27H26N6O3/c1-4-36-22-14-8-5-11-19(22)24-23(26(34)30-18-10-9-15-28-16-18)17(2)29-27-31-25(32-33(24)27)20-12-6-7-13-21(20)35-3/h5-16,24H,4H2,1-3H3,(H,30,34)(H,29,31,32)/t24-/m1/s1. The quantitative estimate of drug-likeness (QED) is 0.394. The van der Waals surface area contributed by atoms with E-state index >= 15 is 0 Å². The number of hydrogen-bond acceptors (Lipinski definition) is 7.